The summed E-state index contributed by atoms with van der Waals surface area (Å²) in [6, 6.07) is 14.9. The molecule has 140 valence electrons. The van der Waals surface area contributed by atoms with Gasteiger partial charge in [0.2, 0.25) is 0 Å². The lowest BCUT2D eigenvalue weighted by Gasteiger charge is -2.07. The van der Waals surface area contributed by atoms with E-state index in [0.717, 1.165) is 16.7 Å². The van der Waals surface area contributed by atoms with Gasteiger partial charge in [0.25, 0.3) is 0 Å². The molecule has 6 nitrogen and oxygen atoms in total. The summed E-state index contributed by atoms with van der Waals surface area (Å²) in [5, 5.41) is 3.96. The van der Waals surface area contributed by atoms with E-state index in [4.69, 9.17) is 18.7 Å². The average Bonchev–Trinajstić information content (AvgIpc) is 3.15. The van der Waals surface area contributed by atoms with Crippen molar-refractivity contribution in [3.8, 4) is 22.8 Å². The van der Waals surface area contributed by atoms with Crippen LogP contribution in [0.25, 0.3) is 11.3 Å². The van der Waals surface area contributed by atoms with Crippen molar-refractivity contribution in [2.24, 2.45) is 0 Å². The van der Waals surface area contributed by atoms with Gasteiger partial charge in [-0.3, -0.25) is 4.79 Å². The van der Waals surface area contributed by atoms with Gasteiger partial charge in [-0.1, -0.05) is 35.0 Å². The SMILES string of the molecule is COc1ccc(-c2cc(COC(=O)Cc3cccc(C)c3)no2)cc1OC. The first-order chi connectivity index (χ1) is 13.1. The molecule has 0 atom stereocenters. The summed E-state index contributed by atoms with van der Waals surface area (Å²) < 4.78 is 21.2. The van der Waals surface area contributed by atoms with Gasteiger partial charge in [0.05, 0.1) is 20.6 Å². The maximum atomic E-state index is 12.0. The Kier molecular flexibility index (Phi) is 5.76. The van der Waals surface area contributed by atoms with Crippen molar-refractivity contribution in [2.75, 3.05) is 14.2 Å². The van der Waals surface area contributed by atoms with E-state index in [1.165, 1.54) is 0 Å². The summed E-state index contributed by atoms with van der Waals surface area (Å²) >= 11 is 0. The van der Waals surface area contributed by atoms with Gasteiger partial charge in [-0.15, -0.1) is 0 Å². The molecule has 3 rings (SSSR count). The Bertz CT molecular complexity index is 932. The second-order valence-electron chi connectivity index (χ2n) is 6.08. The van der Waals surface area contributed by atoms with Crippen LogP contribution < -0.4 is 9.47 Å². The summed E-state index contributed by atoms with van der Waals surface area (Å²) in [6.07, 6.45) is 0.224. The Morgan fingerprint density at radius 3 is 2.59 bits per heavy atom. The van der Waals surface area contributed by atoms with Crippen LogP contribution in [0.15, 0.2) is 53.1 Å². The monoisotopic (exact) mass is 367 g/mol. The zero-order valence-electron chi connectivity index (χ0n) is 15.5. The van der Waals surface area contributed by atoms with Crippen molar-refractivity contribution in [3.05, 3.63) is 65.4 Å². The summed E-state index contributed by atoms with van der Waals surface area (Å²) in [4.78, 5) is 12.0. The molecule has 27 heavy (non-hydrogen) atoms. The van der Waals surface area contributed by atoms with E-state index in [1.807, 2.05) is 37.3 Å². The fourth-order valence-corrected chi connectivity index (χ4v) is 2.70. The molecule has 0 spiro atoms. The van der Waals surface area contributed by atoms with Gasteiger partial charge in [-0.2, -0.15) is 0 Å². The second kappa shape index (κ2) is 8.40. The minimum absolute atomic E-state index is 0.0570. The quantitative estimate of drug-likeness (QED) is 0.589. The predicted molar refractivity (Wildman–Crippen MR) is 99.7 cm³/mol. The topological polar surface area (TPSA) is 70.8 Å². The maximum absolute atomic E-state index is 12.0. The molecular formula is C21H21NO5. The Morgan fingerprint density at radius 1 is 1.04 bits per heavy atom. The zero-order valence-corrected chi connectivity index (χ0v) is 15.5. The van der Waals surface area contributed by atoms with Crippen LogP contribution in [-0.2, 0) is 22.6 Å². The number of methoxy groups -OCH3 is 2. The number of carbonyl (C=O) groups is 1. The highest BCUT2D eigenvalue weighted by Crippen LogP contribution is 2.32. The average molecular weight is 367 g/mol. The molecule has 0 fully saturated rings. The molecule has 0 bridgehead atoms. The van der Waals surface area contributed by atoms with Crippen LogP contribution in [0.3, 0.4) is 0 Å². The Hall–Kier alpha value is -3.28. The van der Waals surface area contributed by atoms with Crippen molar-refractivity contribution in [2.45, 2.75) is 20.0 Å². The van der Waals surface area contributed by atoms with Crippen LogP contribution in [0.1, 0.15) is 16.8 Å². The number of carbonyl (C=O) groups excluding carboxylic acids is 1. The number of ether oxygens (including phenoxy) is 3. The molecule has 0 aliphatic carbocycles. The summed E-state index contributed by atoms with van der Waals surface area (Å²) in [5.41, 5.74) is 3.36. The van der Waals surface area contributed by atoms with Crippen molar-refractivity contribution in [1.82, 2.24) is 5.16 Å². The van der Waals surface area contributed by atoms with Gasteiger partial charge in [0.1, 0.15) is 12.3 Å². The third-order valence-corrected chi connectivity index (χ3v) is 4.04. The molecular weight excluding hydrogens is 346 g/mol. The van der Waals surface area contributed by atoms with Crippen molar-refractivity contribution >= 4 is 5.97 Å². The highest BCUT2D eigenvalue weighted by molar-refractivity contribution is 5.72. The number of benzene rings is 2. The molecule has 6 heteroatoms. The van der Waals surface area contributed by atoms with Crippen LogP contribution in [0.2, 0.25) is 0 Å². The molecule has 0 radical (unpaired) electrons. The zero-order chi connectivity index (χ0) is 19.2. The van der Waals surface area contributed by atoms with E-state index < -0.39 is 0 Å². The van der Waals surface area contributed by atoms with E-state index in [2.05, 4.69) is 5.16 Å². The van der Waals surface area contributed by atoms with Gasteiger partial charge >= 0.3 is 5.97 Å². The molecule has 0 aliphatic heterocycles. The number of aromatic nitrogens is 1. The lowest BCUT2D eigenvalue weighted by atomic mass is 10.1. The second-order valence-corrected chi connectivity index (χ2v) is 6.08. The van der Waals surface area contributed by atoms with Gasteiger partial charge in [0.15, 0.2) is 17.3 Å². The third kappa shape index (κ3) is 4.67. The largest absolute Gasteiger partial charge is 0.493 e. The molecule has 0 aliphatic rings. The number of hydrogen-bond acceptors (Lipinski definition) is 6. The molecule has 2 aromatic carbocycles. The maximum Gasteiger partial charge on any atom is 0.310 e. The number of aryl methyl sites for hydroxylation is 1. The summed E-state index contributed by atoms with van der Waals surface area (Å²) in [6.45, 7) is 2.04. The van der Waals surface area contributed by atoms with Crippen molar-refractivity contribution in [1.29, 1.82) is 0 Å². The molecule has 1 heterocycles. The first-order valence-electron chi connectivity index (χ1n) is 8.48. The predicted octanol–water partition coefficient (Wildman–Crippen LogP) is 3.95. The van der Waals surface area contributed by atoms with E-state index in [-0.39, 0.29) is 19.0 Å². The molecule has 0 saturated carbocycles. The first kappa shape index (κ1) is 18.5. The number of esters is 1. The molecule has 3 aromatic rings. The lowest BCUT2D eigenvalue weighted by Crippen LogP contribution is -2.08. The Labute approximate surface area is 157 Å². The number of hydrogen-bond donors (Lipinski definition) is 0. The van der Waals surface area contributed by atoms with E-state index >= 15 is 0 Å². The van der Waals surface area contributed by atoms with Gasteiger partial charge < -0.3 is 18.7 Å². The smallest absolute Gasteiger partial charge is 0.310 e. The molecule has 0 unspecified atom stereocenters. The summed E-state index contributed by atoms with van der Waals surface area (Å²) in [5.74, 6) is 1.47. The fraction of sp³-hybridized carbons (Fsp3) is 0.238. The fourth-order valence-electron chi connectivity index (χ4n) is 2.70. The highest BCUT2D eigenvalue weighted by Gasteiger charge is 2.12. The van der Waals surface area contributed by atoms with Crippen molar-refractivity contribution < 1.29 is 23.5 Å². The number of nitrogens with zero attached hydrogens (tertiary/aromatic N) is 1. The molecule has 1 aromatic heterocycles. The van der Waals surface area contributed by atoms with Gasteiger partial charge in [0, 0.05) is 11.6 Å². The lowest BCUT2D eigenvalue weighted by molar-refractivity contribution is -0.144. The standard InChI is InChI=1S/C21H21NO5/c1-14-5-4-6-15(9-14)10-21(23)26-13-17-12-19(27-22-17)16-7-8-18(24-2)20(11-16)25-3/h4-9,11-12H,10,13H2,1-3H3. The van der Waals surface area contributed by atoms with Crippen LogP contribution in [0.5, 0.6) is 11.5 Å². The highest BCUT2D eigenvalue weighted by atomic mass is 16.5. The minimum Gasteiger partial charge on any atom is -0.493 e. The van der Waals surface area contributed by atoms with Crippen LogP contribution in [0, 0.1) is 6.92 Å². The molecule has 0 saturated heterocycles. The Morgan fingerprint density at radius 2 is 1.85 bits per heavy atom. The third-order valence-electron chi connectivity index (χ3n) is 4.04. The summed E-state index contributed by atoms with van der Waals surface area (Å²) in [7, 11) is 3.15. The van der Waals surface area contributed by atoms with E-state index in [9.17, 15) is 4.79 Å². The first-order valence-corrected chi connectivity index (χ1v) is 8.48. The van der Waals surface area contributed by atoms with Gasteiger partial charge in [-0.05, 0) is 30.7 Å². The van der Waals surface area contributed by atoms with E-state index in [1.54, 1.807) is 32.4 Å². The Balaban J connectivity index is 1.62. The number of rotatable bonds is 7. The van der Waals surface area contributed by atoms with Gasteiger partial charge in [-0.25, -0.2) is 0 Å². The molecule has 0 N–H and O–H groups in total. The van der Waals surface area contributed by atoms with Crippen LogP contribution in [-0.4, -0.2) is 25.3 Å². The minimum atomic E-state index is -0.309. The molecule has 0 amide bonds. The normalized spacial score (nSPS) is 10.5. The van der Waals surface area contributed by atoms with Crippen LogP contribution >= 0.6 is 0 Å². The van der Waals surface area contributed by atoms with Crippen molar-refractivity contribution in [3.63, 3.8) is 0 Å². The van der Waals surface area contributed by atoms with E-state index in [0.29, 0.717) is 23.0 Å². The van der Waals surface area contributed by atoms with Crippen LogP contribution in [0.4, 0.5) is 0 Å².